The highest BCUT2D eigenvalue weighted by atomic mass is 19.1. The molecule has 0 aliphatic carbocycles. The number of amides is 1. The van der Waals surface area contributed by atoms with E-state index in [1.165, 1.54) is 12.1 Å². The molecule has 1 aromatic heterocycles. The Kier molecular flexibility index (Phi) is 5.12. The average Bonchev–Trinajstić information content (AvgIpc) is 3.38. The maximum atomic E-state index is 13.4. The molecule has 1 aliphatic heterocycles. The quantitative estimate of drug-likeness (QED) is 0.700. The number of halogens is 1. The lowest BCUT2D eigenvalue weighted by molar-refractivity contribution is 0.0997. The topological polar surface area (TPSA) is 57.5 Å². The second kappa shape index (κ2) is 7.86. The van der Waals surface area contributed by atoms with E-state index < -0.39 is 0 Å². The van der Waals surface area contributed by atoms with Crippen LogP contribution in [0.2, 0.25) is 0 Å². The molecule has 2 aromatic carbocycles. The average molecular weight is 379 g/mol. The Morgan fingerprint density at radius 1 is 1.14 bits per heavy atom. The normalized spacial score (nSPS) is 16.4. The Balaban J connectivity index is 1.41. The monoisotopic (exact) mass is 379 g/mol. The lowest BCUT2D eigenvalue weighted by atomic mass is 10.2. The lowest BCUT2D eigenvalue weighted by Gasteiger charge is -2.19. The Morgan fingerprint density at radius 2 is 1.96 bits per heavy atom. The number of hydrogen-bond donors (Lipinski definition) is 2. The van der Waals surface area contributed by atoms with Crippen molar-refractivity contribution in [3.8, 4) is 11.3 Å². The fraction of sp³-hybridized carbons (Fsp3) is 0.227. The Labute approximate surface area is 163 Å². The van der Waals surface area contributed by atoms with Crippen molar-refractivity contribution < 1.29 is 13.6 Å². The molecule has 28 heavy (non-hydrogen) atoms. The number of nitrogens with one attached hydrogen (secondary N) is 2. The second-order valence-electron chi connectivity index (χ2n) is 6.90. The number of carbonyl (C=O) groups is 1. The molecule has 0 spiro atoms. The molecule has 4 rings (SSSR count). The number of likely N-dealkylation sites (N-methyl/N-ethyl adjacent to an activating group) is 1. The van der Waals surface area contributed by atoms with Crippen LogP contribution in [-0.4, -0.2) is 32.1 Å². The number of nitrogens with zero attached hydrogens (tertiary/aromatic N) is 1. The van der Waals surface area contributed by atoms with E-state index in [1.807, 2.05) is 31.3 Å². The van der Waals surface area contributed by atoms with Crippen molar-refractivity contribution in [3.63, 3.8) is 0 Å². The van der Waals surface area contributed by atoms with Crippen LogP contribution in [0, 0.1) is 5.82 Å². The zero-order valence-electron chi connectivity index (χ0n) is 15.6. The number of furan rings is 1. The number of hydrogen-bond acceptors (Lipinski definition) is 4. The highest BCUT2D eigenvalue weighted by Gasteiger charge is 2.21. The molecule has 1 amide bonds. The van der Waals surface area contributed by atoms with E-state index in [9.17, 15) is 9.18 Å². The zero-order valence-corrected chi connectivity index (χ0v) is 15.6. The highest BCUT2D eigenvalue weighted by Crippen LogP contribution is 2.25. The minimum Gasteiger partial charge on any atom is -0.451 e. The Bertz CT molecular complexity index is 968. The molecule has 3 aromatic rings. The molecule has 0 saturated carbocycles. The second-order valence-corrected chi connectivity index (χ2v) is 6.90. The molecule has 1 atom stereocenters. The van der Waals surface area contributed by atoms with Gasteiger partial charge in [0, 0.05) is 36.1 Å². The third kappa shape index (κ3) is 3.92. The molecule has 1 fully saturated rings. The van der Waals surface area contributed by atoms with Crippen molar-refractivity contribution in [2.45, 2.75) is 12.5 Å². The van der Waals surface area contributed by atoms with Crippen molar-refractivity contribution in [2.24, 2.45) is 0 Å². The van der Waals surface area contributed by atoms with Crippen LogP contribution in [0.15, 0.2) is 65.1 Å². The molecular formula is C22H22FN3O2. The molecule has 0 bridgehead atoms. The molecular weight excluding hydrogens is 357 g/mol. The SMILES string of the molecule is CNC1CCN(c2ccc(NC(=O)c3ccc(-c4cccc(F)c4)o3)cc2)C1. The fourth-order valence-corrected chi connectivity index (χ4v) is 3.44. The molecule has 2 heterocycles. The molecule has 1 saturated heterocycles. The number of rotatable bonds is 5. The summed E-state index contributed by atoms with van der Waals surface area (Å²) in [6.07, 6.45) is 1.13. The van der Waals surface area contributed by atoms with E-state index >= 15 is 0 Å². The van der Waals surface area contributed by atoms with Crippen LogP contribution < -0.4 is 15.5 Å². The van der Waals surface area contributed by atoms with Gasteiger partial charge in [0.2, 0.25) is 0 Å². The number of anilines is 2. The summed E-state index contributed by atoms with van der Waals surface area (Å²) in [7, 11) is 1.99. The predicted molar refractivity (Wildman–Crippen MR) is 108 cm³/mol. The first kappa shape index (κ1) is 18.3. The van der Waals surface area contributed by atoms with Crippen LogP contribution >= 0.6 is 0 Å². The molecule has 1 aliphatic rings. The molecule has 1 unspecified atom stereocenters. The summed E-state index contributed by atoms with van der Waals surface area (Å²) in [5, 5.41) is 6.14. The van der Waals surface area contributed by atoms with Crippen LogP contribution in [0.5, 0.6) is 0 Å². The first-order chi connectivity index (χ1) is 13.6. The predicted octanol–water partition coefficient (Wildman–Crippen LogP) is 4.14. The third-order valence-corrected chi connectivity index (χ3v) is 5.03. The van der Waals surface area contributed by atoms with Gasteiger partial charge in [-0.25, -0.2) is 4.39 Å². The smallest absolute Gasteiger partial charge is 0.291 e. The summed E-state index contributed by atoms with van der Waals surface area (Å²) in [6.45, 7) is 2.00. The van der Waals surface area contributed by atoms with Gasteiger partial charge in [0.15, 0.2) is 5.76 Å². The van der Waals surface area contributed by atoms with Gasteiger partial charge in [0.25, 0.3) is 5.91 Å². The minimum absolute atomic E-state index is 0.180. The fourth-order valence-electron chi connectivity index (χ4n) is 3.44. The van der Waals surface area contributed by atoms with Crippen LogP contribution in [0.3, 0.4) is 0 Å². The third-order valence-electron chi connectivity index (χ3n) is 5.03. The molecule has 6 heteroatoms. The van der Waals surface area contributed by atoms with Gasteiger partial charge in [0.05, 0.1) is 0 Å². The Hall–Kier alpha value is -3.12. The van der Waals surface area contributed by atoms with E-state index in [-0.39, 0.29) is 17.5 Å². The van der Waals surface area contributed by atoms with Crippen LogP contribution in [0.4, 0.5) is 15.8 Å². The van der Waals surface area contributed by atoms with E-state index in [0.717, 1.165) is 25.2 Å². The highest BCUT2D eigenvalue weighted by molar-refractivity contribution is 6.02. The molecule has 0 radical (unpaired) electrons. The standard InChI is InChI=1S/C22H22FN3O2/c1-24-18-11-12-26(14-18)19-7-5-17(6-8-19)25-22(27)21-10-9-20(28-21)15-3-2-4-16(23)13-15/h2-10,13,18,24H,11-12,14H2,1H3,(H,25,27). The van der Waals surface area contributed by atoms with Gasteiger partial charge in [-0.15, -0.1) is 0 Å². The summed E-state index contributed by atoms with van der Waals surface area (Å²) in [5.41, 5.74) is 2.43. The summed E-state index contributed by atoms with van der Waals surface area (Å²) in [6, 6.07) is 17.6. The van der Waals surface area contributed by atoms with Gasteiger partial charge < -0.3 is 20.0 Å². The van der Waals surface area contributed by atoms with E-state index in [2.05, 4.69) is 15.5 Å². The molecule has 2 N–H and O–H groups in total. The van der Waals surface area contributed by atoms with Gasteiger partial charge in [-0.2, -0.15) is 0 Å². The maximum Gasteiger partial charge on any atom is 0.291 e. The summed E-state index contributed by atoms with van der Waals surface area (Å²) >= 11 is 0. The first-order valence-corrected chi connectivity index (χ1v) is 9.32. The van der Waals surface area contributed by atoms with Crippen molar-refractivity contribution in [1.29, 1.82) is 0 Å². The summed E-state index contributed by atoms with van der Waals surface area (Å²) in [5.74, 6) is -0.0567. The van der Waals surface area contributed by atoms with Gasteiger partial charge >= 0.3 is 0 Å². The molecule has 144 valence electrons. The van der Waals surface area contributed by atoms with Gasteiger partial charge in [0.1, 0.15) is 11.6 Å². The van der Waals surface area contributed by atoms with Crippen molar-refractivity contribution in [1.82, 2.24) is 5.32 Å². The number of benzene rings is 2. The number of carbonyl (C=O) groups excluding carboxylic acids is 1. The summed E-state index contributed by atoms with van der Waals surface area (Å²) < 4.78 is 19.0. The van der Waals surface area contributed by atoms with E-state index in [0.29, 0.717) is 23.1 Å². The van der Waals surface area contributed by atoms with Crippen LogP contribution in [0.25, 0.3) is 11.3 Å². The van der Waals surface area contributed by atoms with E-state index in [1.54, 1.807) is 24.3 Å². The first-order valence-electron chi connectivity index (χ1n) is 9.32. The van der Waals surface area contributed by atoms with Gasteiger partial charge in [-0.3, -0.25) is 4.79 Å². The van der Waals surface area contributed by atoms with Crippen LogP contribution in [0.1, 0.15) is 17.0 Å². The van der Waals surface area contributed by atoms with Crippen molar-refractivity contribution in [3.05, 3.63) is 72.2 Å². The van der Waals surface area contributed by atoms with Crippen LogP contribution in [-0.2, 0) is 0 Å². The Morgan fingerprint density at radius 3 is 2.68 bits per heavy atom. The van der Waals surface area contributed by atoms with E-state index in [4.69, 9.17) is 4.42 Å². The lowest BCUT2D eigenvalue weighted by Crippen LogP contribution is -2.29. The minimum atomic E-state index is -0.348. The largest absolute Gasteiger partial charge is 0.451 e. The van der Waals surface area contributed by atoms with Crippen molar-refractivity contribution in [2.75, 3.05) is 30.4 Å². The van der Waals surface area contributed by atoms with Gasteiger partial charge in [-0.1, -0.05) is 12.1 Å². The summed E-state index contributed by atoms with van der Waals surface area (Å²) in [4.78, 5) is 14.8. The molecule has 5 nitrogen and oxygen atoms in total. The van der Waals surface area contributed by atoms with Crippen molar-refractivity contribution >= 4 is 17.3 Å². The van der Waals surface area contributed by atoms with Gasteiger partial charge in [-0.05, 0) is 62.0 Å². The maximum absolute atomic E-state index is 13.4. The zero-order chi connectivity index (χ0) is 19.5.